The van der Waals surface area contributed by atoms with E-state index in [0.717, 1.165) is 31.6 Å². The molecular formula is C16H24N2O3. The van der Waals surface area contributed by atoms with Gasteiger partial charge in [-0.2, -0.15) is 0 Å². The first-order chi connectivity index (χ1) is 9.94. The van der Waals surface area contributed by atoms with E-state index in [9.17, 15) is 14.9 Å². The Morgan fingerprint density at radius 2 is 1.90 bits per heavy atom. The van der Waals surface area contributed by atoms with Gasteiger partial charge in [-0.3, -0.25) is 14.9 Å². The van der Waals surface area contributed by atoms with Crippen molar-refractivity contribution < 1.29 is 9.72 Å². The zero-order valence-electron chi connectivity index (χ0n) is 13.3. The van der Waals surface area contributed by atoms with E-state index in [2.05, 4.69) is 18.7 Å². The fourth-order valence-corrected chi connectivity index (χ4v) is 2.44. The van der Waals surface area contributed by atoms with Gasteiger partial charge in [-0.15, -0.1) is 0 Å². The van der Waals surface area contributed by atoms with Gasteiger partial charge in [0.1, 0.15) is 0 Å². The minimum Gasteiger partial charge on any atom is -0.371 e. The van der Waals surface area contributed by atoms with E-state index in [-0.39, 0.29) is 17.0 Å². The Morgan fingerprint density at radius 1 is 1.29 bits per heavy atom. The number of benzene rings is 1. The summed E-state index contributed by atoms with van der Waals surface area (Å²) in [6, 6.07) is 4.88. The standard InChI is InChI=1S/C16H24N2O3/c1-5-13(6-2)11-17(7-3)14-8-9-15(12(4)19)16(10-14)18(20)21/h8-10,13H,5-7,11H2,1-4H3. The predicted molar refractivity (Wildman–Crippen MR) is 85.1 cm³/mol. The lowest BCUT2D eigenvalue weighted by Gasteiger charge is -2.27. The predicted octanol–water partition coefficient (Wildman–Crippen LogP) is 4.06. The van der Waals surface area contributed by atoms with Gasteiger partial charge in [0.2, 0.25) is 0 Å². The summed E-state index contributed by atoms with van der Waals surface area (Å²) in [6.07, 6.45) is 2.17. The fraction of sp³-hybridized carbons (Fsp3) is 0.562. The van der Waals surface area contributed by atoms with Crippen molar-refractivity contribution in [1.29, 1.82) is 0 Å². The second kappa shape index (κ2) is 7.76. The van der Waals surface area contributed by atoms with Gasteiger partial charge >= 0.3 is 0 Å². The maximum Gasteiger partial charge on any atom is 0.282 e. The van der Waals surface area contributed by atoms with E-state index in [4.69, 9.17) is 0 Å². The van der Waals surface area contributed by atoms with E-state index in [0.29, 0.717) is 5.92 Å². The molecule has 0 unspecified atom stereocenters. The molecular weight excluding hydrogens is 268 g/mol. The number of carbonyl (C=O) groups excluding carboxylic acids is 1. The van der Waals surface area contributed by atoms with Crippen LogP contribution in [0, 0.1) is 16.0 Å². The molecule has 0 spiro atoms. The smallest absolute Gasteiger partial charge is 0.282 e. The Morgan fingerprint density at radius 3 is 2.33 bits per heavy atom. The molecule has 0 aliphatic rings. The number of nitro groups is 1. The molecule has 0 amide bonds. The van der Waals surface area contributed by atoms with Crippen LogP contribution in [0.3, 0.4) is 0 Å². The van der Waals surface area contributed by atoms with Crippen molar-refractivity contribution in [1.82, 2.24) is 0 Å². The summed E-state index contributed by atoms with van der Waals surface area (Å²) in [5.74, 6) is 0.285. The van der Waals surface area contributed by atoms with Crippen molar-refractivity contribution in [3.05, 3.63) is 33.9 Å². The monoisotopic (exact) mass is 292 g/mol. The molecule has 5 heteroatoms. The fourth-order valence-electron chi connectivity index (χ4n) is 2.44. The van der Waals surface area contributed by atoms with Gasteiger partial charge in [0.25, 0.3) is 5.69 Å². The third-order valence-corrected chi connectivity index (χ3v) is 3.94. The van der Waals surface area contributed by atoms with Crippen LogP contribution in [-0.2, 0) is 0 Å². The maximum absolute atomic E-state index is 11.5. The molecule has 0 saturated heterocycles. The van der Waals surface area contributed by atoms with Crippen LogP contribution in [0.5, 0.6) is 0 Å². The Balaban J connectivity index is 3.13. The summed E-state index contributed by atoms with van der Waals surface area (Å²) < 4.78 is 0. The molecule has 0 radical (unpaired) electrons. The van der Waals surface area contributed by atoms with Crippen molar-refractivity contribution in [2.75, 3.05) is 18.0 Å². The number of carbonyl (C=O) groups is 1. The highest BCUT2D eigenvalue weighted by molar-refractivity contribution is 5.98. The van der Waals surface area contributed by atoms with E-state index in [1.807, 2.05) is 6.92 Å². The lowest BCUT2D eigenvalue weighted by molar-refractivity contribution is -0.385. The van der Waals surface area contributed by atoms with Crippen LogP contribution < -0.4 is 4.90 Å². The van der Waals surface area contributed by atoms with Crippen LogP contribution in [-0.4, -0.2) is 23.8 Å². The molecule has 0 aliphatic carbocycles. The summed E-state index contributed by atoms with van der Waals surface area (Å²) in [4.78, 5) is 24.3. The highest BCUT2D eigenvalue weighted by atomic mass is 16.6. The first kappa shape index (κ1) is 17.1. The average Bonchev–Trinajstić information content (AvgIpc) is 2.48. The van der Waals surface area contributed by atoms with Gasteiger partial charge in [0, 0.05) is 24.8 Å². The maximum atomic E-state index is 11.5. The molecule has 0 saturated carbocycles. The Labute approximate surface area is 126 Å². The third kappa shape index (κ3) is 4.28. The highest BCUT2D eigenvalue weighted by Gasteiger charge is 2.20. The van der Waals surface area contributed by atoms with Crippen molar-refractivity contribution >= 4 is 17.2 Å². The summed E-state index contributed by atoms with van der Waals surface area (Å²) in [5, 5.41) is 11.2. The molecule has 0 atom stereocenters. The Kier molecular flexibility index (Phi) is 6.34. The lowest BCUT2D eigenvalue weighted by atomic mass is 10.0. The van der Waals surface area contributed by atoms with Gasteiger partial charge in [-0.25, -0.2) is 0 Å². The number of anilines is 1. The van der Waals surface area contributed by atoms with E-state index in [1.54, 1.807) is 12.1 Å². The summed E-state index contributed by atoms with van der Waals surface area (Å²) >= 11 is 0. The molecule has 1 rings (SSSR count). The van der Waals surface area contributed by atoms with Crippen molar-refractivity contribution in [3.8, 4) is 0 Å². The van der Waals surface area contributed by atoms with Crippen LogP contribution in [0.2, 0.25) is 0 Å². The summed E-state index contributed by atoms with van der Waals surface area (Å²) in [6.45, 7) is 9.36. The third-order valence-electron chi connectivity index (χ3n) is 3.94. The number of rotatable bonds is 8. The van der Waals surface area contributed by atoms with Crippen molar-refractivity contribution in [2.24, 2.45) is 5.92 Å². The minimum atomic E-state index is -0.481. The molecule has 0 heterocycles. The topological polar surface area (TPSA) is 63.5 Å². The zero-order chi connectivity index (χ0) is 16.0. The Hall–Kier alpha value is -1.91. The van der Waals surface area contributed by atoms with Gasteiger partial charge in [0.15, 0.2) is 5.78 Å². The number of ketones is 1. The second-order valence-electron chi connectivity index (χ2n) is 5.24. The quantitative estimate of drug-likeness (QED) is 0.412. The molecule has 0 aliphatic heterocycles. The van der Waals surface area contributed by atoms with Gasteiger partial charge in [-0.1, -0.05) is 26.7 Å². The van der Waals surface area contributed by atoms with Crippen LogP contribution in [0.4, 0.5) is 11.4 Å². The molecule has 1 aromatic rings. The van der Waals surface area contributed by atoms with Gasteiger partial charge in [-0.05, 0) is 31.9 Å². The van der Waals surface area contributed by atoms with Crippen LogP contribution in [0.25, 0.3) is 0 Å². The molecule has 0 aromatic heterocycles. The van der Waals surface area contributed by atoms with E-state index >= 15 is 0 Å². The average molecular weight is 292 g/mol. The number of nitro benzene ring substituents is 1. The van der Waals surface area contributed by atoms with Crippen molar-refractivity contribution in [2.45, 2.75) is 40.5 Å². The van der Waals surface area contributed by atoms with Crippen molar-refractivity contribution in [3.63, 3.8) is 0 Å². The SMILES string of the molecule is CCC(CC)CN(CC)c1ccc(C(C)=O)c([N+](=O)[O-])c1. The van der Waals surface area contributed by atoms with E-state index < -0.39 is 4.92 Å². The molecule has 5 nitrogen and oxygen atoms in total. The zero-order valence-corrected chi connectivity index (χ0v) is 13.3. The molecule has 0 fully saturated rings. The van der Waals surface area contributed by atoms with Crippen LogP contribution >= 0.6 is 0 Å². The van der Waals surface area contributed by atoms with E-state index in [1.165, 1.54) is 13.0 Å². The van der Waals surface area contributed by atoms with Gasteiger partial charge in [0.05, 0.1) is 10.5 Å². The lowest BCUT2D eigenvalue weighted by Crippen LogP contribution is -2.29. The molecule has 21 heavy (non-hydrogen) atoms. The summed E-state index contributed by atoms with van der Waals surface area (Å²) in [7, 11) is 0. The van der Waals surface area contributed by atoms with Crippen LogP contribution in [0.15, 0.2) is 18.2 Å². The number of nitrogens with zero attached hydrogens (tertiary/aromatic N) is 2. The first-order valence-corrected chi connectivity index (χ1v) is 7.48. The second-order valence-corrected chi connectivity index (χ2v) is 5.24. The molecule has 0 N–H and O–H groups in total. The van der Waals surface area contributed by atoms with Crippen LogP contribution in [0.1, 0.15) is 50.9 Å². The molecule has 116 valence electrons. The number of hydrogen-bond donors (Lipinski definition) is 0. The molecule has 0 bridgehead atoms. The first-order valence-electron chi connectivity index (χ1n) is 7.48. The number of Topliss-reactive ketones (excluding diaryl/α,β-unsaturated/α-hetero) is 1. The summed E-state index contributed by atoms with van der Waals surface area (Å²) in [5.41, 5.74) is 0.867. The normalized spacial score (nSPS) is 10.7. The highest BCUT2D eigenvalue weighted by Crippen LogP contribution is 2.27. The minimum absolute atomic E-state index is 0.108. The largest absolute Gasteiger partial charge is 0.371 e. The Bertz CT molecular complexity index is 510. The van der Waals surface area contributed by atoms with Gasteiger partial charge < -0.3 is 4.90 Å². The number of hydrogen-bond acceptors (Lipinski definition) is 4. The molecule has 1 aromatic carbocycles.